The molecule has 1 aliphatic heterocycles. The number of nitrogens with two attached hydrogens (primary N) is 1. The van der Waals surface area contributed by atoms with E-state index in [0.29, 0.717) is 16.4 Å². The molecule has 0 saturated carbocycles. The molecule has 8 heteroatoms. The van der Waals surface area contributed by atoms with Crippen molar-refractivity contribution in [2.75, 3.05) is 5.32 Å². The van der Waals surface area contributed by atoms with Crippen molar-refractivity contribution >= 4 is 28.5 Å². The number of hydrogen-bond donors (Lipinski definition) is 2. The topological polar surface area (TPSA) is 117 Å². The molecule has 7 nitrogen and oxygen atoms in total. The van der Waals surface area contributed by atoms with Crippen molar-refractivity contribution in [1.29, 1.82) is 5.26 Å². The average Bonchev–Trinajstić information content (AvgIpc) is 2.61. The molecule has 3 N–H and O–H groups in total. The Morgan fingerprint density at radius 1 is 1.35 bits per heavy atom. The average molecular weight is 364 g/mol. The van der Waals surface area contributed by atoms with Gasteiger partial charge in [-0.2, -0.15) is 5.26 Å². The van der Waals surface area contributed by atoms with E-state index >= 15 is 0 Å². The van der Waals surface area contributed by atoms with Crippen LogP contribution in [0.3, 0.4) is 0 Å². The maximum absolute atomic E-state index is 12.3. The molecule has 0 aromatic carbocycles. The minimum atomic E-state index is -0.639. The summed E-state index contributed by atoms with van der Waals surface area (Å²) in [6.07, 6.45) is 6.62. The van der Waals surface area contributed by atoms with E-state index in [-0.39, 0.29) is 11.6 Å². The Bertz CT molecular complexity index is 940. The number of rotatable bonds is 3. The van der Waals surface area contributed by atoms with Crippen LogP contribution in [0.5, 0.6) is 0 Å². The molecule has 0 radical (unpaired) electrons. The van der Waals surface area contributed by atoms with Crippen LogP contribution in [0.4, 0.5) is 5.69 Å². The number of nitriles is 1. The summed E-state index contributed by atoms with van der Waals surface area (Å²) in [4.78, 5) is 26.1. The minimum absolute atomic E-state index is 0.215. The fraction of sp³-hybridized carbons (Fsp3) is 0.167. The zero-order valence-electron chi connectivity index (χ0n) is 14.2. The Kier molecular flexibility index (Phi) is 4.73. The normalized spacial score (nSPS) is 19.1. The van der Waals surface area contributed by atoms with Crippen molar-refractivity contribution < 1.29 is 4.79 Å². The molecule has 130 valence electrons. The molecule has 2 aromatic rings. The zero-order valence-corrected chi connectivity index (χ0v) is 15.0. The smallest absolute Gasteiger partial charge is 0.274 e. The second-order valence-corrected chi connectivity index (χ2v) is 7.18. The number of nitrogens with zero attached hydrogens (tertiary/aromatic N) is 4. The van der Waals surface area contributed by atoms with Crippen LogP contribution < -0.4 is 11.1 Å². The van der Waals surface area contributed by atoms with E-state index in [1.807, 2.05) is 32.1 Å². The third-order valence-electron chi connectivity index (χ3n) is 3.80. The Labute approximate surface area is 155 Å². The summed E-state index contributed by atoms with van der Waals surface area (Å²) in [5.74, 6) is -0.382. The van der Waals surface area contributed by atoms with Crippen molar-refractivity contribution in [1.82, 2.24) is 9.97 Å². The lowest BCUT2D eigenvalue weighted by Crippen LogP contribution is -2.25. The number of nitrogens with one attached hydrogen (secondary N) is 1. The largest absolute Gasteiger partial charge is 0.378 e. The van der Waals surface area contributed by atoms with Gasteiger partial charge in [0.25, 0.3) is 5.91 Å². The fourth-order valence-electron chi connectivity index (χ4n) is 2.60. The van der Waals surface area contributed by atoms with Crippen LogP contribution in [-0.2, 0) is 5.54 Å². The van der Waals surface area contributed by atoms with E-state index in [1.165, 1.54) is 24.0 Å². The predicted molar refractivity (Wildman–Crippen MR) is 101 cm³/mol. The predicted octanol–water partition coefficient (Wildman–Crippen LogP) is 2.78. The number of carbonyl (C=O) groups is 1. The van der Waals surface area contributed by atoms with Crippen molar-refractivity contribution in [3.63, 3.8) is 0 Å². The highest BCUT2D eigenvalue weighted by molar-refractivity contribution is 8.17. The summed E-state index contributed by atoms with van der Waals surface area (Å²) in [6.45, 7) is 3.91. The molecule has 1 aliphatic rings. The first-order valence-corrected chi connectivity index (χ1v) is 8.57. The first kappa shape index (κ1) is 17.6. The summed E-state index contributed by atoms with van der Waals surface area (Å²) >= 11 is 1.42. The zero-order chi connectivity index (χ0) is 18.7. The van der Waals surface area contributed by atoms with Crippen LogP contribution in [-0.4, -0.2) is 21.0 Å². The summed E-state index contributed by atoms with van der Waals surface area (Å²) in [5.41, 5.74) is 7.21. The van der Waals surface area contributed by atoms with Crippen LogP contribution in [0.1, 0.15) is 35.5 Å². The van der Waals surface area contributed by atoms with Gasteiger partial charge in [0.15, 0.2) is 5.17 Å². The number of aromatic nitrogens is 2. The molecular formula is C18H16N6OS. The highest BCUT2D eigenvalue weighted by Gasteiger charge is 2.28. The molecule has 0 aliphatic carbocycles. The third-order valence-corrected chi connectivity index (χ3v) is 4.54. The van der Waals surface area contributed by atoms with Gasteiger partial charge in [0.1, 0.15) is 17.3 Å². The van der Waals surface area contributed by atoms with E-state index in [2.05, 4.69) is 20.3 Å². The monoisotopic (exact) mass is 364 g/mol. The number of amidine groups is 1. The quantitative estimate of drug-likeness (QED) is 0.865. The number of allylic oxidation sites excluding steroid dienone is 1. The fourth-order valence-corrected chi connectivity index (χ4v) is 3.45. The molecular weight excluding hydrogens is 348 g/mol. The Hall–Kier alpha value is -3.18. The maximum atomic E-state index is 12.3. The second-order valence-electron chi connectivity index (χ2n) is 5.91. The van der Waals surface area contributed by atoms with Crippen LogP contribution in [0.2, 0.25) is 0 Å². The lowest BCUT2D eigenvalue weighted by molar-refractivity contribution is 0.102. The van der Waals surface area contributed by atoms with Crippen molar-refractivity contribution in [3.8, 4) is 6.07 Å². The van der Waals surface area contributed by atoms with Gasteiger partial charge in [-0.1, -0.05) is 11.8 Å². The number of carbonyl (C=O) groups excluding carboxylic acids is 1. The highest BCUT2D eigenvalue weighted by Crippen LogP contribution is 2.36. The molecule has 0 bridgehead atoms. The Balaban J connectivity index is 1.84. The standard InChI is InChI=1S/C18H16N6OS/c1-11-6-18(2,24-17(20)26-11)13-5-14(10-21-9-13)23-16(25)15-4-3-12(7-19)8-22-15/h3-6,8-10H,1-2H3,(H2,20,24)(H,23,25). The van der Waals surface area contributed by atoms with Gasteiger partial charge < -0.3 is 11.1 Å². The number of anilines is 1. The van der Waals surface area contributed by atoms with Gasteiger partial charge in [-0.15, -0.1) is 0 Å². The van der Waals surface area contributed by atoms with Crippen LogP contribution >= 0.6 is 11.8 Å². The van der Waals surface area contributed by atoms with E-state index in [9.17, 15) is 4.79 Å². The van der Waals surface area contributed by atoms with Crippen molar-refractivity contribution in [3.05, 3.63) is 64.6 Å². The molecule has 0 spiro atoms. The van der Waals surface area contributed by atoms with Crippen LogP contribution in [0.25, 0.3) is 0 Å². The highest BCUT2D eigenvalue weighted by atomic mass is 32.2. The Morgan fingerprint density at radius 2 is 2.15 bits per heavy atom. The SMILES string of the molecule is CC1=CC(C)(c2cncc(NC(=O)c3ccc(C#N)cn3)c2)N=C(N)S1. The molecule has 1 atom stereocenters. The number of hydrogen-bond acceptors (Lipinski definition) is 7. The molecule has 1 unspecified atom stereocenters. The van der Waals surface area contributed by atoms with Crippen molar-refractivity contribution in [2.45, 2.75) is 19.4 Å². The van der Waals surface area contributed by atoms with Crippen LogP contribution in [0, 0.1) is 11.3 Å². The molecule has 0 saturated heterocycles. The summed E-state index contributed by atoms with van der Waals surface area (Å²) in [6, 6.07) is 6.82. The molecule has 0 fully saturated rings. The molecule has 3 rings (SSSR count). The van der Waals surface area contributed by atoms with Gasteiger partial charge in [0.05, 0.1) is 17.4 Å². The van der Waals surface area contributed by atoms with Gasteiger partial charge in [-0.3, -0.25) is 9.78 Å². The van der Waals surface area contributed by atoms with Gasteiger partial charge in [0.2, 0.25) is 0 Å². The van der Waals surface area contributed by atoms with Crippen LogP contribution in [0.15, 0.2) is 52.8 Å². The Morgan fingerprint density at radius 3 is 2.81 bits per heavy atom. The first-order chi connectivity index (χ1) is 12.4. The van der Waals surface area contributed by atoms with E-state index < -0.39 is 5.54 Å². The van der Waals surface area contributed by atoms with E-state index in [0.717, 1.165) is 10.5 Å². The molecule has 26 heavy (non-hydrogen) atoms. The molecule has 1 amide bonds. The van der Waals surface area contributed by atoms with Gasteiger partial charge in [-0.05, 0) is 43.0 Å². The minimum Gasteiger partial charge on any atom is -0.378 e. The van der Waals surface area contributed by atoms with Crippen molar-refractivity contribution in [2.24, 2.45) is 10.7 Å². The van der Waals surface area contributed by atoms with Gasteiger partial charge in [0, 0.05) is 18.0 Å². The number of aliphatic imine (C=N–C) groups is 1. The summed E-state index contributed by atoms with van der Waals surface area (Å²) in [7, 11) is 0. The number of thioether (sulfide) groups is 1. The molecule has 2 aromatic heterocycles. The lowest BCUT2D eigenvalue weighted by Gasteiger charge is -2.27. The first-order valence-electron chi connectivity index (χ1n) is 7.75. The molecule has 3 heterocycles. The summed E-state index contributed by atoms with van der Waals surface area (Å²) in [5, 5.41) is 12.0. The van der Waals surface area contributed by atoms with Gasteiger partial charge in [-0.25, -0.2) is 9.98 Å². The number of amides is 1. The summed E-state index contributed by atoms with van der Waals surface area (Å²) < 4.78 is 0. The second kappa shape index (κ2) is 6.98. The number of pyridine rings is 2. The van der Waals surface area contributed by atoms with E-state index in [4.69, 9.17) is 11.0 Å². The van der Waals surface area contributed by atoms with E-state index in [1.54, 1.807) is 18.5 Å². The third kappa shape index (κ3) is 3.73. The van der Waals surface area contributed by atoms with Gasteiger partial charge >= 0.3 is 0 Å². The maximum Gasteiger partial charge on any atom is 0.274 e. The lowest BCUT2D eigenvalue weighted by atomic mass is 9.93.